The van der Waals surface area contributed by atoms with E-state index in [1.807, 2.05) is 18.2 Å². The normalized spacial score (nSPS) is 12.1. The molecule has 0 fully saturated rings. The van der Waals surface area contributed by atoms with Crippen LogP contribution in [0.4, 0.5) is 17.1 Å². The maximum absolute atomic E-state index is 12.0. The molecule has 1 aliphatic rings. The van der Waals surface area contributed by atoms with Crippen LogP contribution < -0.4 is 5.32 Å². The molecule has 1 N–H and O–H groups in total. The van der Waals surface area contributed by atoms with E-state index in [0.717, 1.165) is 11.4 Å². The standard InChI is InChI=1S/C11H6BrN3O2Se/c12-10-6(4-5-17-10)11(16)13-7-2-1-3-8-9(7)15-18-14-8/h1-5H,(H,13,16). The molecule has 0 bridgehead atoms. The van der Waals surface area contributed by atoms with Crippen LogP contribution in [0.3, 0.4) is 0 Å². The molecular formula is C11H6BrN3O2Se. The first-order chi connectivity index (χ1) is 8.75. The molecule has 18 heavy (non-hydrogen) atoms. The minimum atomic E-state index is -0.237. The average Bonchev–Trinajstić information content (AvgIpc) is 2.97. The first kappa shape index (κ1) is 11.6. The van der Waals surface area contributed by atoms with Crippen molar-refractivity contribution in [2.45, 2.75) is 0 Å². The first-order valence-corrected chi connectivity index (χ1v) is 7.34. The van der Waals surface area contributed by atoms with Crippen LogP contribution in [-0.2, 0) is 0 Å². The third-order valence-corrected chi connectivity index (χ3v) is 4.15. The summed E-state index contributed by atoms with van der Waals surface area (Å²) in [6, 6.07) is 7.15. The van der Waals surface area contributed by atoms with Gasteiger partial charge in [-0.3, -0.25) is 0 Å². The molecule has 1 aromatic heterocycles. The van der Waals surface area contributed by atoms with Gasteiger partial charge >= 0.3 is 117 Å². The number of hydrogen-bond donors (Lipinski definition) is 1. The van der Waals surface area contributed by atoms with Gasteiger partial charge in [0, 0.05) is 0 Å². The van der Waals surface area contributed by atoms with Gasteiger partial charge in [-0.2, -0.15) is 0 Å². The van der Waals surface area contributed by atoms with Crippen LogP contribution in [0, 0.1) is 0 Å². The van der Waals surface area contributed by atoms with Gasteiger partial charge in [0.1, 0.15) is 0 Å². The number of anilines is 1. The average molecular weight is 371 g/mol. The van der Waals surface area contributed by atoms with E-state index in [0.29, 0.717) is 15.9 Å². The fraction of sp³-hybridized carbons (Fsp3) is 0. The van der Waals surface area contributed by atoms with Gasteiger partial charge in [0.2, 0.25) is 0 Å². The number of nitrogens with zero attached hydrogens (tertiary/aromatic N) is 2. The van der Waals surface area contributed by atoms with Crippen molar-refractivity contribution in [1.29, 1.82) is 0 Å². The SMILES string of the molecule is O=C(Nc1cccc2c1N=[Se]=N2)c1ccoc1Br. The summed E-state index contributed by atoms with van der Waals surface area (Å²) >= 11 is 3.06. The van der Waals surface area contributed by atoms with E-state index in [1.165, 1.54) is 6.26 Å². The summed E-state index contributed by atoms with van der Waals surface area (Å²) in [7, 11) is 0. The predicted molar refractivity (Wildman–Crippen MR) is 70.7 cm³/mol. The minimum absolute atomic E-state index is 0.112. The number of benzene rings is 1. The quantitative estimate of drug-likeness (QED) is 0.699. The van der Waals surface area contributed by atoms with Crippen LogP contribution in [0.25, 0.3) is 0 Å². The van der Waals surface area contributed by atoms with Crippen molar-refractivity contribution in [2.24, 2.45) is 7.92 Å². The Morgan fingerprint density at radius 2 is 2.22 bits per heavy atom. The van der Waals surface area contributed by atoms with Crippen molar-refractivity contribution >= 4 is 53.5 Å². The Labute approximate surface area is 116 Å². The molecule has 0 aliphatic carbocycles. The summed E-state index contributed by atoms with van der Waals surface area (Å²) in [5, 5.41) is 2.81. The summed E-state index contributed by atoms with van der Waals surface area (Å²) in [6.07, 6.45) is 1.46. The third kappa shape index (κ3) is 2.01. The molecule has 2 heterocycles. The Kier molecular flexibility index (Phi) is 3.03. The Morgan fingerprint density at radius 1 is 1.33 bits per heavy atom. The van der Waals surface area contributed by atoms with E-state index in [1.54, 1.807) is 6.07 Å². The van der Waals surface area contributed by atoms with E-state index in [4.69, 9.17) is 4.42 Å². The Bertz CT molecular complexity index is 704. The number of rotatable bonds is 2. The fourth-order valence-corrected chi connectivity index (χ4v) is 3.13. The summed E-state index contributed by atoms with van der Waals surface area (Å²) < 4.78 is 14.0. The number of hydrogen-bond acceptors (Lipinski definition) is 4. The molecule has 7 heteroatoms. The monoisotopic (exact) mass is 371 g/mol. The molecule has 0 saturated heterocycles. The summed E-state index contributed by atoms with van der Waals surface area (Å²) in [4.78, 5) is 12.0. The van der Waals surface area contributed by atoms with Crippen LogP contribution >= 0.6 is 15.9 Å². The number of nitrogens with one attached hydrogen (secondary N) is 1. The van der Waals surface area contributed by atoms with Gasteiger partial charge in [-0.25, -0.2) is 0 Å². The molecule has 3 rings (SSSR count). The van der Waals surface area contributed by atoms with E-state index >= 15 is 0 Å². The Morgan fingerprint density at radius 3 is 3.00 bits per heavy atom. The molecule has 1 aliphatic heterocycles. The zero-order chi connectivity index (χ0) is 12.5. The van der Waals surface area contributed by atoms with Crippen molar-refractivity contribution in [3.63, 3.8) is 0 Å². The summed E-state index contributed by atoms with van der Waals surface area (Å²) in [6.45, 7) is 0. The number of carbonyl (C=O) groups is 1. The van der Waals surface area contributed by atoms with Crippen molar-refractivity contribution in [3.05, 3.63) is 40.8 Å². The number of halogens is 1. The van der Waals surface area contributed by atoms with Crippen LogP contribution in [0.2, 0.25) is 0 Å². The second kappa shape index (κ2) is 4.68. The number of amides is 1. The fourth-order valence-electron chi connectivity index (χ4n) is 1.55. The predicted octanol–water partition coefficient (Wildman–Crippen LogP) is 3.64. The number of carbonyl (C=O) groups excluding carboxylic acids is 1. The van der Waals surface area contributed by atoms with Gasteiger partial charge in [-0.1, -0.05) is 0 Å². The molecule has 5 nitrogen and oxygen atoms in total. The van der Waals surface area contributed by atoms with E-state index in [2.05, 4.69) is 29.2 Å². The second-order valence-electron chi connectivity index (χ2n) is 3.50. The van der Waals surface area contributed by atoms with Crippen molar-refractivity contribution in [2.75, 3.05) is 5.32 Å². The molecule has 90 valence electrons. The van der Waals surface area contributed by atoms with Crippen molar-refractivity contribution in [1.82, 2.24) is 0 Å². The van der Waals surface area contributed by atoms with E-state index < -0.39 is 0 Å². The molecule has 0 saturated carbocycles. The maximum atomic E-state index is 12.0. The summed E-state index contributed by atoms with van der Waals surface area (Å²) in [5.41, 5.74) is 2.71. The van der Waals surface area contributed by atoms with Crippen LogP contribution in [0.1, 0.15) is 10.4 Å². The molecule has 0 atom stereocenters. The van der Waals surface area contributed by atoms with Crippen molar-refractivity contribution in [3.8, 4) is 0 Å². The van der Waals surface area contributed by atoms with Gasteiger partial charge in [-0.15, -0.1) is 0 Å². The molecule has 1 amide bonds. The van der Waals surface area contributed by atoms with Gasteiger partial charge in [-0.05, 0) is 0 Å². The van der Waals surface area contributed by atoms with E-state index in [-0.39, 0.29) is 20.5 Å². The molecule has 1 aromatic carbocycles. The van der Waals surface area contributed by atoms with Crippen LogP contribution in [-0.4, -0.2) is 20.5 Å². The number of fused-ring (bicyclic) bond motifs is 1. The van der Waals surface area contributed by atoms with Gasteiger partial charge in [0.25, 0.3) is 0 Å². The second-order valence-corrected chi connectivity index (χ2v) is 5.33. The van der Waals surface area contributed by atoms with Gasteiger partial charge in [0.15, 0.2) is 0 Å². The Balaban J connectivity index is 1.91. The van der Waals surface area contributed by atoms with Gasteiger partial charge < -0.3 is 0 Å². The third-order valence-electron chi connectivity index (χ3n) is 2.40. The first-order valence-electron chi connectivity index (χ1n) is 5.01. The molecule has 0 spiro atoms. The van der Waals surface area contributed by atoms with Crippen LogP contribution in [0.15, 0.2) is 47.5 Å². The van der Waals surface area contributed by atoms with Gasteiger partial charge in [0.05, 0.1) is 0 Å². The summed E-state index contributed by atoms with van der Waals surface area (Å²) in [5.74, 6) is -0.237. The van der Waals surface area contributed by atoms with Crippen molar-refractivity contribution < 1.29 is 9.21 Å². The van der Waals surface area contributed by atoms with E-state index in [9.17, 15) is 4.79 Å². The Hall–Kier alpha value is -1.43. The zero-order valence-corrected chi connectivity index (χ0v) is 12.2. The molecular weight excluding hydrogens is 365 g/mol. The molecule has 0 radical (unpaired) electrons. The molecule has 0 unspecified atom stereocenters. The van der Waals surface area contributed by atoms with Crippen LogP contribution in [0.5, 0.6) is 0 Å². The zero-order valence-electron chi connectivity index (χ0n) is 8.88. The number of furan rings is 1. The molecule has 2 aromatic rings. The topological polar surface area (TPSA) is 67.0 Å².